The summed E-state index contributed by atoms with van der Waals surface area (Å²) >= 11 is 0. The largest absolute Gasteiger partial charge is 0.410 e. The Hall–Kier alpha value is -2.96. The normalized spacial score (nSPS) is 10.3. The number of nitrogens with zero attached hydrogens (tertiary/aromatic N) is 5. The highest BCUT2D eigenvalue weighted by Crippen LogP contribution is 2.31. The molecule has 0 amide bonds. The van der Waals surface area contributed by atoms with Crippen molar-refractivity contribution in [1.29, 1.82) is 0 Å². The van der Waals surface area contributed by atoms with E-state index in [9.17, 15) is 0 Å². The zero-order chi connectivity index (χ0) is 13.1. The molecule has 2 aromatic heterocycles. The van der Waals surface area contributed by atoms with Crippen molar-refractivity contribution < 1.29 is 8.83 Å². The van der Waals surface area contributed by atoms with Crippen molar-refractivity contribution in [2.75, 3.05) is 4.90 Å². The first-order chi connectivity index (χ1) is 9.38. The fraction of sp³-hybridized carbons (Fsp3) is 0. The Morgan fingerprint density at radius 2 is 1.53 bits per heavy atom. The van der Waals surface area contributed by atoms with Crippen molar-refractivity contribution in [1.82, 2.24) is 20.4 Å². The maximum absolute atomic E-state index is 5.19. The van der Waals surface area contributed by atoms with Gasteiger partial charge in [-0.2, -0.15) is 0 Å². The Morgan fingerprint density at radius 1 is 0.947 bits per heavy atom. The van der Waals surface area contributed by atoms with Gasteiger partial charge in [0.15, 0.2) is 0 Å². The van der Waals surface area contributed by atoms with E-state index in [2.05, 4.69) is 27.0 Å². The van der Waals surface area contributed by atoms with Crippen LogP contribution in [0.5, 0.6) is 0 Å². The second kappa shape index (κ2) is 4.73. The van der Waals surface area contributed by atoms with Crippen molar-refractivity contribution in [3.63, 3.8) is 0 Å². The zero-order valence-corrected chi connectivity index (χ0v) is 9.80. The molecule has 0 aliphatic carbocycles. The molecule has 0 radical (unpaired) electrons. The number of rotatable bonds is 4. The van der Waals surface area contributed by atoms with E-state index in [1.54, 1.807) is 11.0 Å². The van der Waals surface area contributed by atoms with Crippen molar-refractivity contribution in [3.8, 4) is 0 Å². The molecule has 0 bridgehead atoms. The second-order valence-electron chi connectivity index (χ2n) is 3.57. The third kappa shape index (κ3) is 2.08. The van der Waals surface area contributed by atoms with Gasteiger partial charge in [0.25, 0.3) is 0 Å². The fourth-order valence-corrected chi connectivity index (χ4v) is 1.59. The van der Waals surface area contributed by atoms with Gasteiger partial charge in [0.1, 0.15) is 0 Å². The van der Waals surface area contributed by atoms with Crippen LogP contribution in [0.3, 0.4) is 0 Å². The minimum atomic E-state index is 0.246. The number of benzene rings is 1. The molecule has 19 heavy (non-hydrogen) atoms. The lowest BCUT2D eigenvalue weighted by molar-refractivity contribution is 0.525. The van der Waals surface area contributed by atoms with Crippen LogP contribution in [-0.4, -0.2) is 20.4 Å². The van der Waals surface area contributed by atoms with Gasteiger partial charge in [0, 0.05) is 0 Å². The van der Waals surface area contributed by atoms with Crippen LogP contribution in [0.1, 0.15) is 5.56 Å². The third-order valence-corrected chi connectivity index (χ3v) is 2.47. The molecule has 0 saturated carbocycles. The van der Waals surface area contributed by atoms with Crippen molar-refractivity contribution >= 4 is 23.8 Å². The molecular weight excluding hydrogens is 246 g/mol. The van der Waals surface area contributed by atoms with Crippen LogP contribution < -0.4 is 4.90 Å². The van der Waals surface area contributed by atoms with E-state index in [0.717, 1.165) is 11.3 Å². The first-order valence-corrected chi connectivity index (χ1v) is 5.43. The Kier molecular flexibility index (Phi) is 2.77. The molecule has 0 N–H and O–H groups in total. The molecule has 3 rings (SSSR count). The van der Waals surface area contributed by atoms with E-state index < -0.39 is 0 Å². The average Bonchev–Trinajstić information content (AvgIpc) is 3.13. The van der Waals surface area contributed by atoms with Crippen LogP contribution in [0.2, 0.25) is 0 Å². The molecule has 94 valence electrons. The molecule has 0 saturated heterocycles. The molecule has 2 heterocycles. The monoisotopic (exact) mass is 255 g/mol. The van der Waals surface area contributed by atoms with Crippen molar-refractivity contribution in [3.05, 3.63) is 49.2 Å². The topological polar surface area (TPSA) is 81.1 Å². The number of anilines is 3. The maximum Gasteiger partial charge on any atom is 0.331 e. The standard InChI is InChI=1S/C12H9N5O2/c1-2-9-3-5-10(6-4-9)17(11-15-13-7-18-11)12-16-14-8-19-12/h2-8H,1H2. The van der Waals surface area contributed by atoms with E-state index in [1.165, 1.54) is 12.8 Å². The van der Waals surface area contributed by atoms with E-state index in [-0.39, 0.29) is 12.0 Å². The fourth-order valence-electron chi connectivity index (χ4n) is 1.59. The summed E-state index contributed by atoms with van der Waals surface area (Å²) in [6.45, 7) is 3.71. The van der Waals surface area contributed by atoms with Crippen LogP contribution in [0, 0.1) is 0 Å². The van der Waals surface area contributed by atoms with Gasteiger partial charge in [0.2, 0.25) is 12.8 Å². The van der Waals surface area contributed by atoms with Gasteiger partial charge >= 0.3 is 12.0 Å². The van der Waals surface area contributed by atoms with E-state index in [1.807, 2.05) is 24.3 Å². The van der Waals surface area contributed by atoms with Crippen LogP contribution in [-0.2, 0) is 0 Å². The van der Waals surface area contributed by atoms with Crippen LogP contribution in [0.4, 0.5) is 17.7 Å². The molecule has 1 aromatic carbocycles. The molecule has 3 aromatic rings. The SMILES string of the molecule is C=Cc1ccc(N(c2nnco2)c2nnco2)cc1. The number of aromatic nitrogens is 4. The van der Waals surface area contributed by atoms with Gasteiger partial charge in [-0.3, -0.25) is 0 Å². The Labute approximate surface area is 108 Å². The first-order valence-electron chi connectivity index (χ1n) is 5.43. The molecule has 0 aliphatic rings. The van der Waals surface area contributed by atoms with Crippen LogP contribution in [0.25, 0.3) is 6.08 Å². The Balaban J connectivity index is 2.06. The highest BCUT2D eigenvalue weighted by molar-refractivity contribution is 5.66. The van der Waals surface area contributed by atoms with E-state index in [0.29, 0.717) is 0 Å². The van der Waals surface area contributed by atoms with Gasteiger partial charge in [-0.25, -0.2) is 4.90 Å². The third-order valence-electron chi connectivity index (χ3n) is 2.47. The lowest BCUT2D eigenvalue weighted by Gasteiger charge is -2.15. The molecular formula is C12H9N5O2. The first kappa shape index (κ1) is 11.1. The molecule has 0 spiro atoms. The highest BCUT2D eigenvalue weighted by Gasteiger charge is 2.21. The summed E-state index contributed by atoms with van der Waals surface area (Å²) in [6.07, 6.45) is 4.22. The summed E-state index contributed by atoms with van der Waals surface area (Å²) in [4.78, 5) is 1.56. The summed E-state index contributed by atoms with van der Waals surface area (Å²) < 4.78 is 10.4. The quantitative estimate of drug-likeness (QED) is 0.708. The molecule has 0 atom stereocenters. The maximum atomic E-state index is 5.19. The minimum absolute atomic E-state index is 0.246. The van der Waals surface area contributed by atoms with Crippen LogP contribution >= 0.6 is 0 Å². The van der Waals surface area contributed by atoms with Gasteiger partial charge in [0.05, 0.1) is 5.69 Å². The predicted octanol–water partition coefficient (Wildman–Crippen LogP) is 2.57. The second-order valence-corrected chi connectivity index (χ2v) is 3.57. The summed E-state index contributed by atoms with van der Waals surface area (Å²) in [6, 6.07) is 8.03. The van der Waals surface area contributed by atoms with Crippen molar-refractivity contribution in [2.45, 2.75) is 0 Å². The molecule has 0 fully saturated rings. The lowest BCUT2D eigenvalue weighted by Crippen LogP contribution is -2.10. The summed E-state index contributed by atoms with van der Waals surface area (Å²) in [5, 5.41) is 15.0. The number of hydrogen-bond donors (Lipinski definition) is 0. The molecule has 0 aliphatic heterocycles. The molecule has 7 heteroatoms. The number of hydrogen-bond acceptors (Lipinski definition) is 7. The Morgan fingerprint density at radius 3 is 1.95 bits per heavy atom. The highest BCUT2D eigenvalue weighted by atomic mass is 16.4. The van der Waals surface area contributed by atoms with Gasteiger partial charge < -0.3 is 8.83 Å². The smallest absolute Gasteiger partial charge is 0.331 e. The predicted molar refractivity (Wildman–Crippen MR) is 66.9 cm³/mol. The van der Waals surface area contributed by atoms with Gasteiger partial charge in [-0.15, -0.1) is 10.2 Å². The zero-order valence-electron chi connectivity index (χ0n) is 9.80. The van der Waals surface area contributed by atoms with E-state index >= 15 is 0 Å². The summed E-state index contributed by atoms with van der Waals surface area (Å²) in [5.41, 5.74) is 1.76. The van der Waals surface area contributed by atoms with Gasteiger partial charge in [-0.1, -0.05) is 35.0 Å². The summed E-state index contributed by atoms with van der Waals surface area (Å²) in [5.74, 6) is 0. The minimum Gasteiger partial charge on any atom is -0.410 e. The van der Waals surface area contributed by atoms with E-state index in [4.69, 9.17) is 8.83 Å². The molecule has 7 nitrogen and oxygen atoms in total. The summed E-state index contributed by atoms with van der Waals surface area (Å²) in [7, 11) is 0. The lowest BCUT2D eigenvalue weighted by atomic mass is 10.2. The van der Waals surface area contributed by atoms with Crippen molar-refractivity contribution in [2.24, 2.45) is 0 Å². The average molecular weight is 255 g/mol. The Bertz CT molecular complexity index is 612. The van der Waals surface area contributed by atoms with Crippen LogP contribution in [0.15, 0.2) is 52.5 Å². The molecule has 0 unspecified atom stereocenters. The van der Waals surface area contributed by atoms with Gasteiger partial charge in [-0.05, 0) is 17.7 Å².